The van der Waals surface area contributed by atoms with E-state index in [9.17, 15) is 4.79 Å². The van der Waals surface area contributed by atoms with Crippen LogP contribution in [-0.4, -0.2) is 69.3 Å². The van der Waals surface area contributed by atoms with E-state index < -0.39 is 17.9 Å². The molecule has 8 heteroatoms. The monoisotopic (exact) mass is 219 g/mol. The van der Waals surface area contributed by atoms with Crippen molar-refractivity contribution in [3.8, 4) is 0 Å². The average molecular weight is 219 g/mol. The molecule has 0 spiro atoms. The topological polar surface area (TPSA) is 138 Å². The van der Waals surface area contributed by atoms with Crippen molar-refractivity contribution >= 4 is 47.5 Å². The number of hydrogen-bond donors (Lipinski definition) is 4. The fourth-order valence-corrected chi connectivity index (χ4v) is 0. The number of aliphatic carboxylic acids is 3. The molecule has 7 nitrogen and oxygen atoms in total. The first-order chi connectivity index (χ1) is 5.73. The van der Waals surface area contributed by atoms with Crippen molar-refractivity contribution in [3.63, 3.8) is 0 Å². The first-order valence-electron chi connectivity index (χ1n) is 3.04. The van der Waals surface area contributed by atoms with Crippen LogP contribution in [0.3, 0.4) is 0 Å². The summed E-state index contributed by atoms with van der Waals surface area (Å²) in [5.74, 6) is -2.63. The number of carbonyl (C=O) groups is 3. The normalized spacial score (nSPS) is 6.21. The minimum absolute atomic E-state index is 0. The molecule has 0 unspecified atom stereocenters. The van der Waals surface area contributed by atoms with Crippen molar-refractivity contribution in [3.05, 3.63) is 0 Å². The van der Waals surface area contributed by atoms with Gasteiger partial charge in [-0.05, 0) is 0 Å². The van der Waals surface area contributed by atoms with Gasteiger partial charge in [-0.3, -0.25) is 14.4 Å². The first kappa shape index (κ1) is 23.3. The second-order valence-corrected chi connectivity index (χ2v) is 1.64. The number of carboxylic acid groups (broad SMARTS) is 3. The Morgan fingerprint density at radius 2 is 1.07 bits per heavy atom. The van der Waals surface area contributed by atoms with Gasteiger partial charge < -0.3 is 21.1 Å². The SMILES string of the molecule is CC(=O)O.CC(=O)O.NCC(=O)O.[NaH]. The van der Waals surface area contributed by atoms with Gasteiger partial charge in [-0.2, -0.15) is 0 Å². The van der Waals surface area contributed by atoms with Crippen LogP contribution in [0.5, 0.6) is 0 Å². The van der Waals surface area contributed by atoms with Gasteiger partial charge in [0.15, 0.2) is 0 Å². The van der Waals surface area contributed by atoms with Crippen molar-refractivity contribution in [1.29, 1.82) is 0 Å². The molecule has 0 aliphatic heterocycles. The summed E-state index contributed by atoms with van der Waals surface area (Å²) in [4.78, 5) is 27.2. The zero-order valence-electron chi connectivity index (χ0n) is 7.35. The molecule has 0 radical (unpaired) electrons. The van der Waals surface area contributed by atoms with Crippen molar-refractivity contribution in [2.75, 3.05) is 6.54 Å². The second-order valence-electron chi connectivity index (χ2n) is 1.64. The van der Waals surface area contributed by atoms with Crippen LogP contribution in [0.1, 0.15) is 13.8 Å². The molecule has 0 aliphatic rings. The Morgan fingerprint density at radius 1 is 1.00 bits per heavy atom. The summed E-state index contributed by atoms with van der Waals surface area (Å²) in [6, 6.07) is 0. The molecule has 0 rings (SSSR count). The second kappa shape index (κ2) is 18.2. The predicted molar refractivity (Wildman–Crippen MR) is 50.5 cm³/mol. The molecule has 0 saturated heterocycles. The van der Waals surface area contributed by atoms with E-state index >= 15 is 0 Å². The van der Waals surface area contributed by atoms with Crippen molar-refractivity contribution < 1.29 is 29.7 Å². The Kier molecular flexibility index (Phi) is 30.3. The standard InChI is InChI=1S/C2H5NO2.2C2H4O2.Na.H/c3-1-2(4)5;2*1-2(3)4;;/h1,3H2,(H,4,5);2*1H3,(H,3,4);;. The summed E-state index contributed by atoms with van der Waals surface area (Å²) in [5, 5.41) is 22.4. The quantitative estimate of drug-likeness (QED) is 0.396. The Hall–Kier alpha value is -0.630. The Balaban J connectivity index is -0.0000000522. The van der Waals surface area contributed by atoms with Crippen LogP contribution in [0.2, 0.25) is 0 Å². The van der Waals surface area contributed by atoms with E-state index in [1.807, 2.05) is 0 Å². The molecule has 80 valence electrons. The third-order valence-corrected chi connectivity index (χ3v) is 0.175. The molecule has 0 saturated carbocycles. The van der Waals surface area contributed by atoms with Crippen LogP contribution in [0, 0.1) is 0 Å². The van der Waals surface area contributed by atoms with Crippen LogP contribution < -0.4 is 5.73 Å². The zero-order valence-corrected chi connectivity index (χ0v) is 7.35. The van der Waals surface area contributed by atoms with E-state index in [1.165, 1.54) is 0 Å². The van der Waals surface area contributed by atoms with Gasteiger partial charge >= 0.3 is 35.5 Å². The van der Waals surface area contributed by atoms with Crippen molar-refractivity contribution in [1.82, 2.24) is 0 Å². The molecule has 0 amide bonds. The molecule has 0 fully saturated rings. The summed E-state index contributed by atoms with van der Waals surface area (Å²) in [6.07, 6.45) is 0. The summed E-state index contributed by atoms with van der Waals surface area (Å²) < 4.78 is 0. The number of carboxylic acids is 3. The molecule has 0 aliphatic carbocycles. The van der Waals surface area contributed by atoms with Crippen LogP contribution in [0.4, 0.5) is 0 Å². The van der Waals surface area contributed by atoms with E-state index in [2.05, 4.69) is 5.73 Å². The van der Waals surface area contributed by atoms with Gasteiger partial charge in [0.2, 0.25) is 0 Å². The Bertz CT molecular complexity index is 152. The van der Waals surface area contributed by atoms with E-state index in [-0.39, 0.29) is 36.1 Å². The fourth-order valence-electron chi connectivity index (χ4n) is 0. The maximum absolute atomic E-state index is 9.24. The van der Waals surface area contributed by atoms with Crippen LogP contribution in [-0.2, 0) is 14.4 Å². The van der Waals surface area contributed by atoms with E-state index in [4.69, 9.17) is 24.9 Å². The van der Waals surface area contributed by atoms with Crippen LogP contribution >= 0.6 is 0 Å². The summed E-state index contributed by atoms with van der Waals surface area (Å²) >= 11 is 0. The van der Waals surface area contributed by atoms with Gasteiger partial charge in [0.05, 0.1) is 6.54 Å². The van der Waals surface area contributed by atoms with Gasteiger partial charge in [-0.15, -0.1) is 0 Å². The van der Waals surface area contributed by atoms with Crippen molar-refractivity contribution in [2.45, 2.75) is 13.8 Å². The molecule has 14 heavy (non-hydrogen) atoms. The molecular formula is C6H14NNaO6. The average Bonchev–Trinajstić information content (AvgIpc) is 1.84. The third-order valence-electron chi connectivity index (χ3n) is 0.175. The summed E-state index contributed by atoms with van der Waals surface area (Å²) in [6.45, 7) is 1.89. The summed E-state index contributed by atoms with van der Waals surface area (Å²) in [5.41, 5.74) is 4.57. The number of hydrogen-bond acceptors (Lipinski definition) is 4. The Morgan fingerprint density at radius 3 is 1.07 bits per heavy atom. The maximum atomic E-state index is 9.24. The summed E-state index contributed by atoms with van der Waals surface area (Å²) in [7, 11) is 0. The van der Waals surface area contributed by atoms with Crippen molar-refractivity contribution in [2.24, 2.45) is 5.73 Å². The molecule has 5 N–H and O–H groups in total. The van der Waals surface area contributed by atoms with E-state index in [0.717, 1.165) is 13.8 Å². The van der Waals surface area contributed by atoms with Gasteiger partial charge in [0.1, 0.15) is 0 Å². The molecule has 0 heterocycles. The number of rotatable bonds is 1. The number of nitrogens with two attached hydrogens (primary N) is 1. The van der Waals surface area contributed by atoms with E-state index in [1.54, 1.807) is 0 Å². The van der Waals surface area contributed by atoms with Gasteiger partial charge in [-0.1, -0.05) is 0 Å². The molecule has 0 aromatic carbocycles. The Labute approximate surface area is 103 Å². The molecule has 0 aromatic heterocycles. The van der Waals surface area contributed by atoms with E-state index in [0.29, 0.717) is 0 Å². The fraction of sp³-hybridized carbons (Fsp3) is 0.500. The molecular weight excluding hydrogens is 205 g/mol. The van der Waals surface area contributed by atoms with Gasteiger partial charge in [0.25, 0.3) is 11.9 Å². The predicted octanol–water partition coefficient (Wildman–Crippen LogP) is -1.44. The molecule has 0 atom stereocenters. The van der Waals surface area contributed by atoms with Gasteiger partial charge in [0, 0.05) is 13.8 Å². The molecule has 0 bridgehead atoms. The third kappa shape index (κ3) is 651. The first-order valence-corrected chi connectivity index (χ1v) is 3.04. The van der Waals surface area contributed by atoms with Crippen LogP contribution in [0.25, 0.3) is 0 Å². The molecule has 0 aromatic rings. The van der Waals surface area contributed by atoms with Gasteiger partial charge in [-0.25, -0.2) is 0 Å². The van der Waals surface area contributed by atoms with Crippen LogP contribution in [0.15, 0.2) is 0 Å². The zero-order chi connectivity index (χ0) is 11.4. The minimum atomic E-state index is -0.968.